The quantitative estimate of drug-likeness (QED) is 0.621. The predicted molar refractivity (Wildman–Crippen MR) is 122 cm³/mol. The summed E-state index contributed by atoms with van der Waals surface area (Å²) in [6, 6.07) is 4.20. The van der Waals surface area contributed by atoms with Crippen LogP contribution in [0.4, 0.5) is 0 Å². The summed E-state index contributed by atoms with van der Waals surface area (Å²) in [5, 5.41) is 6.11. The van der Waals surface area contributed by atoms with Crippen LogP contribution in [-0.4, -0.2) is 98.4 Å². The fourth-order valence-corrected chi connectivity index (χ4v) is 4.84. The Morgan fingerprint density at radius 3 is 1.74 bits per heavy atom. The molecule has 2 aliphatic rings. The number of carbonyl (C=O) groups is 2. The van der Waals surface area contributed by atoms with Gasteiger partial charge in [-0.15, -0.1) is 11.3 Å². The van der Waals surface area contributed by atoms with E-state index in [9.17, 15) is 9.59 Å². The molecule has 2 saturated heterocycles. The van der Waals surface area contributed by atoms with Crippen LogP contribution in [-0.2, 0) is 9.47 Å². The lowest BCUT2D eigenvalue weighted by Crippen LogP contribution is -2.50. The molecule has 4 unspecified atom stereocenters. The van der Waals surface area contributed by atoms with Gasteiger partial charge in [-0.25, -0.2) is 0 Å². The molecule has 0 bridgehead atoms. The van der Waals surface area contributed by atoms with Crippen LogP contribution in [0.1, 0.15) is 47.0 Å². The third kappa shape index (κ3) is 6.98. The summed E-state index contributed by atoms with van der Waals surface area (Å²) < 4.78 is 10.9. The molecular formula is C22H36N4O4S. The van der Waals surface area contributed by atoms with Gasteiger partial charge in [0.1, 0.15) is 0 Å². The van der Waals surface area contributed by atoms with Crippen molar-refractivity contribution < 1.29 is 19.1 Å². The Kier molecular flexibility index (Phi) is 8.85. The second-order valence-electron chi connectivity index (χ2n) is 8.75. The molecule has 1 aromatic heterocycles. The van der Waals surface area contributed by atoms with Crippen LogP contribution in [0.2, 0.25) is 0 Å². The van der Waals surface area contributed by atoms with Crippen molar-refractivity contribution in [2.24, 2.45) is 0 Å². The number of amides is 2. The standard InChI is InChI=1S/C22H36N4O4S/c1-15(11-25-7-9-29-13-17(25)3)23-21(27)19-5-6-20(31-19)22(28)24-16(2)12-26-8-10-30-14-18(26)4/h5-6,15-18H,7-14H2,1-4H3,(H,23,27)(H,24,28). The number of nitrogens with one attached hydrogen (secondary N) is 2. The Morgan fingerprint density at radius 1 is 0.935 bits per heavy atom. The van der Waals surface area contributed by atoms with Crippen molar-refractivity contribution in [2.75, 3.05) is 52.6 Å². The van der Waals surface area contributed by atoms with Gasteiger partial charge in [-0.3, -0.25) is 19.4 Å². The first-order valence-electron chi connectivity index (χ1n) is 11.2. The first-order chi connectivity index (χ1) is 14.8. The number of carbonyl (C=O) groups excluding carboxylic acids is 2. The average Bonchev–Trinajstić information content (AvgIpc) is 3.22. The normalized spacial score (nSPS) is 25.0. The Bertz CT molecular complexity index is 684. The molecule has 0 radical (unpaired) electrons. The monoisotopic (exact) mass is 452 g/mol. The number of nitrogens with zero attached hydrogens (tertiary/aromatic N) is 2. The molecule has 9 heteroatoms. The molecule has 0 aromatic carbocycles. The summed E-state index contributed by atoms with van der Waals surface area (Å²) in [6.45, 7) is 14.5. The zero-order valence-corrected chi connectivity index (χ0v) is 19.9. The minimum absolute atomic E-state index is 0.0166. The van der Waals surface area contributed by atoms with Crippen LogP contribution in [0, 0.1) is 0 Å². The molecule has 31 heavy (non-hydrogen) atoms. The third-order valence-corrected chi connectivity index (χ3v) is 6.92. The van der Waals surface area contributed by atoms with Crippen molar-refractivity contribution in [2.45, 2.75) is 51.9 Å². The fraction of sp³-hybridized carbons (Fsp3) is 0.727. The number of hydrogen-bond donors (Lipinski definition) is 2. The molecule has 3 rings (SSSR count). The number of morpholine rings is 2. The molecule has 3 heterocycles. The highest BCUT2D eigenvalue weighted by atomic mass is 32.1. The van der Waals surface area contributed by atoms with Crippen molar-refractivity contribution >= 4 is 23.2 Å². The number of ether oxygens (including phenoxy) is 2. The van der Waals surface area contributed by atoms with Crippen LogP contribution in [0.5, 0.6) is 0 Å². The molecule has 2 N–H and O–H groups in total. The Labute approximate surface area is 189 Å². The lowest BCUT2D eigenvalue weighted by atomic mass is 10.2. The van der Waals surface area contributed by atoms with Gasteiger partial charge in [-0.1, -0.05) is 0 Å². The molecule has 1 aromatic rings. The average molecular weight is 453 g/mol. The minimum atomic E-state index is -0.132. The largest absolute Gasteiger partial charge is 0.379 e. The van der Waals surface area contributed by atoms with Gasteiger partial charge in [-0.2, -0.15) is 0 Å². The molecule has 2 aliphatic heterocycles. The van der Waals surface area contributed by atoms with Crippen molar-refractivity contribution in [1.29, 1.82) is 0 Å². The van der Waals surface area contributed by atoms with E-state index in [1.165, 1.54) is 11.3 Å². The Morgan fingerprint density at radius 2 is 1.35 bits per heavy atom. The molecular weight excluding hydrogens is 416 g/mol. The lowest BCUT2D eigenvalue weighted by Gasteiger charge is -2.35. The van der Waals surface area contributed by atoms with E-state index in [-0.39, 0.29) is 23.9 Å². The Balaban J connectivity index is 1.46. The van der Waals surface area contributed by atoms with E-state index in [1.54, 1.807) is 12.1 Å². The maximum atomic E-state index is 12.6. The second kappa shape index (κ2) is 11.4. The van der Waals surface area contributed by atoms with Gasteiger partial charge in [0, 0.05) is 50.3 Å². The zero-order valence-electron chi connectivity index (χ0n) is 19.1. The molecule has 0 saturated carbocycles. The van der Waals surface area contributed by atoms with Gasteiger partial charge in [0.15, 0.2) is 0 Å². The fourth-order valence-electron chi connectivity index (χ4n) is 4.03. The molecule has 2 fully saturated rings. The van der Waals surface area contributed by atoms with Gasteiger partial charge in [0.05, 0.1) is 36.2 Å². The molecule has 4 atom stereocenters. The zero-order chi connectivity index (χ0) is 22.4. The maximum Gasteiger partial charge on any atom is 0.261 e. The van der Waals surface area contributed by atoms with Crippen LogP contribution < -0.4 is 10.6 Å². The van der Waals surface area contributed by atoms with Crippen LogP contribution in [0.15, 0.2) is 12.1 Å². The first kappa shape index (κ1) is 24.1. The van der Waals surface area contributed by atoms with E-state index < -0.39 is 0 Å². The summed E-state index contributed by atoms with van der Waals surface area (Å²) in [6.07, 6.45) is 0. The van der Waals surface area contributed by atoms with Gasteiger partial charge in [0.2, 0.25) is 0 Å². The van der Waals surface area contributed by atoms with Gasteiger partial charge in [0.25, 0.3) is 11.8 Å². The van der Waals surface area contributed by atoms with Gasteiger partial charge in [-0.05, 0) is 39.8 Å². The summed E-state index contributed by atoms with van der Waals surface area (Å²) in [5.41, 5.74) is 0. The van der Waals surface area contributed by atoms with Crippen LogP contribution in [0.25, 0.3) is 0 Å². The number of hydrogen-bond acceptors (Lipinski definition) is 7. The third-order valence-electron chi connectivity index (χ3n) is 5.84. The molecule has 0 spiro atoms. The molecule has 2 amide bonds. The molecule has 8 nitrogen and oxygen atoms in total. The Hall–Kier alpha value is -1.52. The summed E-state index contributed by atoms with van der Waals surface area (Å²) in [7, 11) is 0. The highest BCUT2D eigenvalue weighted by Gasteiger charge is 2.24. The second-order valence-corrected chi connectivity index (χ2v) is 9.83. The highest BCUT2D eigenvalue weighted by Crippen LogP contribution is 2.17. The van der Waals surface area contributed by atoms with E-state index in [4.69, 9.17) is 9.47 Å². The van der Waals surface area contributed by atoms with E-state index >= 15 is 0 Å². The molecule has 0 aliphatic carbocycles. The van der Waals surface area contributed by atoms with Crippen LogP contribution in [0.3, 0.4) is 0 Å². The van der Waals surface area contributed by atoms with Gasteiger partial charge < -0.3 is 20.1 Å². The summed E-state index contributed by atoms with van der Waals surface area (Å²) in [5.74, 6) is -0.264. The SMILES string of the molecule is CC(CN1CCOCC1C)NC(=O)c1ccc(C(=O)NC(C)CN2CCOCC2C)s1. The summed E-state index contributed by atoms with van der Waals surface area (Å²) >= 11 is 1.24. The van der Waals surface area contributed by atoms with Crippen molar-refractivity contribution in [1.82, 2.24) is 20.4 Å². The lowest BCUT2D eigenvalue weighted by molar-refractivity contribution is -0.00339. The smallest absolute Gasteiger partial charge is 0.261 e. The minimum Gasteiger partial charge on any atom is -0.379 e. The van der Waals surface area contributed by atoms with E-state index in [1.807, 2.05) is 13.8 Å². The van der Waals surface area contributed by atoms with Crippen molar-refractivity contribution in [3.63, 3.8) is 0 Å². The maximum absolute atomic E-state index is 12.6. The number of rotatable bonds is 8. The van der Waals surface area contributed by atoms with Gasteiger partial charge >= 0.3 is 0 Å². The topological polar surface area (TPSA) is 83.1 Å². The number of thiophene rings is 1. The molecule has 174 valence electrons. The highest BCUT2D eigenvalue weighted by molar-refractivity contribution is 7.15. The van der Waals surface area contributed by atoms with Crippen molar-refractivity contribution in [3.8, 4) is 0 Å². The van der Waals surface area contributed by atoms with E-state index in [0.29, 0.717) is 21.8 Å². The summed E-state index contributed by atoms with van der Waals surface area (Å²) in [4.78, 5) is 31.1. The van der Waals surface area contributed by atoms with E-state index in [2.05, 4.69) is 34.3 Å². The van der Waals surface area contributed by atoms with Crippen LogP contribution >= 0.6 is 11.3 Å². The van der Waals surface area contributed by atoms with Crippen molar-refractivity contribution in [3.05, 3.63) is 21.9 Å². The first-order valence-corrected chi connectivity index (χ1v) is 12.0. The van der Waals surface area contributed by atoms with E-state index in [0.717, 1.165) is 52.6 Å². The predicted octanol–water partition coefficient (Wildman–Crippen LogP) is 1.43.